The van der Waals surface area contributed by atoms with Crippen molar-refractivity contribution in [2.45, 2.75) is 25.7 Å². The van der Waals surface area contributed by atoms with Gasteiger partial charge in [-0.3, -0.25) is 4.79 Å². The van der Waals surface area contributed by atoms with E-state index in [0.717, 1.165) is 56.3 Å². The van der Waals surface area contributed by atoms with Crippen LogP contribution in [-0.4, -0.2) is 38.7 Å². The Kier molecular flexibility index (Phi) is 4.57. The van der Waals surface area contributed by atoms with Crippen LogP contribution in [-0.2, 0) is 0 Å². The summed E-state index contributed by atoms with van der Waals surface area (Å²) in [6, 6.07) is 19.9. The van der Waals surface area contributed by atoms with Gasteiger partial charge in [-0.05, 0) is 50.1 Å². The van der Waals surface area contributed by atoms with Crippen molar-refractivity contribution in [3.63, 3.8) is 0 Å². The third kappa shape index (κ3) is 3.20. The van der Waals surface area contributed by atoms with Gasteiger partial charge in [0, 0.05) is 24.4 Å². The second-order valence-corrected chi connectivity index (χ2v) is 9.28. The molecule has 32 heavy (non-hydrogen) atoms. The fourth-order valence-electron chi connectivity index (χ4n) is 4.45. The van der Waals surface area contributed by atoms with Gasteiger partial charge < -0.3 is 9.32 Å². The van der Waals surface area contributed by atoms with Crippen molar-refractivity contribution in [3.05, 3.63) is 77.1 Å². The highest BCUT2D eigenvalue weighted by Crippen LogP contribution is 2.34. The van der Waals surface area contributed by atoms with Crippen LogP contribution < -0.4 is 0 Å². The van der Waals surface area contributed by atoms with Crippen LogP contribution >= 0.6 is 11.3 Å². The zero-order valence-corrected chi connectivity index (χ0v) is 18.5. The second kappa shape index (κ2) is 7.60. The van der Waals surface area contributed by atoms with Crippen LogP contribution in [0.3, 0.4) is 0 Å². The number of likely N-dealkylation sites (tertiary alicyclic amines) is 1. The van der Waals surface area contributed by atoms with Gasteiger partial charge in [0.05, 0.1) is 16.3 Å². The molecule has 2 aromatic carbocycles. The van der Waals surface area contributed by atoms with Crippen LogP contribution in [0.1, 0.15) is 40.0 Å². The fraction of sp³-hybridized carbons (Fsp3) is 0.240. The number of rotatable bonds is 3. The van der Waals surface area contributed by atoms with Crippen LogP contribution in [0, 0.1) is 6.92 Å². The molecule has 0 saturated carbocycles. The van der Waals surface area contributed by atoms with E-state index < -0.39 is 0 Å². The van der Waals surface area contributed by atoms with E-state index in [-0.39, 0.29) is 11.8 Å². The Hall–Kier alpha value is -3.45. The zero-order chi connectivity index (χ0) is 21.7. The van der Waals surface area contributed by atoms with Gasteiger partial charge in [0.1, 0.15) is 10.3 Å². The van der Waals surface area contributed by atoms with Crippen LogP contribution in [0.2, 0.25) is 0 Å². The summed E-state index contributed by atoms with van der Waals surface area (Å²) in [5, 5.41) is 5.72. The lowest BCUT2D eigenvalue weighted by Crippen LogP contribution is -2.37. The van der Waals surface area contributed by atoms with Crippen molar-refractivity contribution in [1.29, 1.82) is 0 Å². The van der Waals surface area contributed by atoms with E-state index in [9.17, 15) is 4.79 Å². The molecule has 3 aromatic heterocycles. The molecule has 5 aromatic rings. The quantitative estimate of drug-likeness (QED) is 0.367. The molecule has 1 aliphatic heterocycles. The average molecular weight is 443 g/mol. The molecule has 0 bridgehead atoms. The summed E-state index contributed by atoms with van der Waals surface area (Å²) in [7, 11) is 0. The molecule has 160 valence electrons. The van der Waals surface area contributed by atoms with E-state index in [4.69, 9.17) is 4.42 Å². The van der Waals surface area contributed by atoms with E-state index in [1.807, 2.05) is 77.2 Å². The van der Waals surface area contributed by atoms with Gasteiger partial charge in [-0.1, -0.05) is 30.3 Å². The lowest BCUT2D eigenvalue weighted by Gasteiger charge is -2.30. The monoisotopic (exact) mass is 442 g/mol. The summed E-state index contributed by atoms with van der Waals surface area (Å²) in [6.45, 7) is 3.41. The van der Waals surface area contributed by atoms with E-state index in [1.54, 1.807) is 0 Å². The Labute approximate surface area is 189 Å². The molecule has 7 heteroatoms. The number of aryl methyl sites for hydroxylation is 1. The summed E-state index contributed by atoms with van der Waals surface area (Å²) in [6.07, 6.45) is 1.72. The topological polar surface area (TPSA) is 64.2 Å². The molecule has 1 fully saturated rings. The molecule has 1 amide bonds. The van der Waals surface area contributed by atoms with Gasteiger partial charge in [-0.2, -0.15) is 5.10 Å². The minimum absolute atomic E-state index is 0.0984. The van der Waals surface area contributed by atoms with Gasteiger partial charge in [-0.25, -0.2) is 9.67 Å². The summed E-state index contributed by atoms with van der Waals surface area (Å²) >= 11 is 1.52. The molecule has 6 rings (SSSR count). The molecule has 4 heterocycles. The summed E-state index contributed by atoms with van der Waals surface area (Å²) < 4.78 is 7.90. The van der Waals surface area contributed by atoms with Gasteiger partial charge >= 0.3 is 0 Å². The summed E-state index contributed by atoms with van der Waals surface area (Å²) in [4.78, 5) is 21.7. The molecular formula is C25H22N4O2S. The minimum Gasteiger partial charge on any atom is -0.440 e. The second-order valence-electron chi connectivity index (χ2n) is 8.25. The molecule has 0 radical (unpaired) electrons. The largest absolute Gasteiger partial charge is 0.440 e. The zero-order valence-electron chi connectivity index (χ0n) is 17.7. The number of hydrogen-bond donors (Lipinski definition) is 0. The number of piperidine rings is 1. The van der Waals surface area contributed by atoms with E-state index in [1.165, 1.54) is 11.3 Å². The van der Waals surface area contributed by atoms with Gasteiger partial charge in [-0.15, -0.1) is 11.3 Å². The Morgan fingerprint density at radius 3 is 2.59 bits per heavy atom. The predicted octanol–water partition coefficient (Wildman–Crippen LogP) is 5.56. The number of para-hydroxylation sites is 3. The number of oxazole rings is 1. The van der Waals surface area contributed by atoms with Crippen LogP contribution in [0.15, 0.2) is 65.1 Å². The molecule has 6 nitrogen and oxygen atoms in total. The standard InChI is InChI=1S/C25H22N4O2S/c1-16-19-15-22(32-25(19)29(27-16)18-7-3-2-4-8-18)24(30)28-13-11-17(12-14-28)23-26-20-9-5-6-10-21(20)31-23/h2-10,15,17H,11-14H2,1H3. The molecule has 0 atom stereocenters. The first-order valence-corrected chi connectivity index (χ1v) is 11.7. The first-order chi connectivity index (χ1) is 15.7. The minimum atomic E-state index is 0.0984. The number of aromatic nitrogens is 3. The Bertz CT molecular complexity index is 1390. The van der Waals surface area contributed by atoms with Crippen molar-refractivity contribution >= 4 is 38.6 Å². The Morgan fingerprint density at radius 1 is 1.06 bits per heavy atom. The van der Waals surface area contributed by atoms with E-state index in [0.29, 0.717) is 13.1 Å². The lowest BCUT2D eigenvalue weighted by atomic mass is 9.96. The first-order valence-electron chi connectivity index (χ1n) is 10.9. The van der Waals surface area contributed by atoms with Gasteiger partial charge in [0.25, 0.3) is 5.91 Å². The van der Waals surface area contributed by atoms with Gasteiger partial charge in [0.2, 0.25) is 0 Å². The van der Waals surface area contributed by atoms with Crippen molar-refractivity contribution in [2.24, 2.45) is 0 Å². The number of benzene rings is 2. The van der Waals surface area contributed by atoms with Crippen molar-refractivity contribution in [2.75, 3.05) is 13.1 Å². The number of carbonyl (C=O) groups excluding carboxylic acids is 1. The van der Waals surface area contributed by atoms with Crippen molar-refractivity contribution < 1.29 is 9.21 Å². The van der Waals surface area contributed by atoms with Crippen molar-refractivity contribution in [3.8, 4) is 5.69 Å². The normalized spacial score (nSPS) is 15.1. The lowest BCUT2D eigenvalue weighted by molar-refractivity contribution is 0.0711. The molecule has 0 N–H and O–H groups in total. The Morgan fingerprint density at radius 2 is 1.81 bits per heavy atom. The number of thiophene rings is 1. The van der Waals surface area contributed by atoms with E-state index in [2.05, 4.69) is 10.1 Å². The van der Waals surface area contributed by atoms with Crippen LogP contribution in [0.4, 0.5) is 0 Å². The first kappa shape index (κ1) is 19.3. The Balaban J connectivity index is 1.21. The summed E-state index contributed by atoms with van der Waals surface area (Å²) in [5.74, 6) is 1.14. The molecule has 1 aliphatic rings. The molecule has 1 saturated heterocycles. The maximum Gasteiger partial charge on any atom is 0.264 e. The number of carbonyl (C=O) groups is 1. The average Bonchev–Trinajstić information content (AvgIpc) is 3.54. The van der Waals surface area contributed by atoms with E-state index >= 15 is 0 Å². The number of hydrogen-bond acceptors (Lipinski definition) is 5. The maximum absolute atomic E-state index is 13.3. The SMILES string of the molecule is Cc1nn(-c2ccccc2)c2sc(C(=O)N3CCC(c4nc5ccccc5o4)CC3)cc12. The van der Waals surface area contributed by atoms with Crippen molar-refractivity contribution in [1.82, 2.24) is 19.7 Å². The van der Waals surface area contributed by atoms with Gasteiger partial charge in [0.15, 0.2) is 11.5 Å². The molecular weight excluding hydrogens is 420 g/mol. The smallest absolute Gasteiger partial charge is 0.264 e. The molecule has 0 aliphatic carbocycles. The third-order valence-corrected chi connectivity index (χ3v) is 7.30. The number of nitrogens with zero attached hydrogens (tertiary/aromatic N) is 4. The molecule has 0 spiro atoms. The highest BCUT2D eigenvalue weighted by atomic mass is 32.1. The maximum atomic E-state index is 13.3. The predicted molar refractivity (Wildman–Crippen MR) is 126 cm³/mol. The number of fused-ring (bicyclic) bond motifs is 2. The van der Waals surface area contributed by atoms with Crippen LogP contribution in [0.5, 0.6) is 0 Å². The summed E-state index contributed by atoms with van der Waals surface area (Å²) in [5.41, 5.74) is 3.67. The fourth-order valence-corrected chi connectivity index (χ4v) is 5.60. The molecule has 0 unspecified atom stereocenters. The highest BCUT2D eigenvalue weighted by molar-refractivity contribution is 7.20. The third-order valence-electron chi connectivity index (χ3n) is 6.20. The van der Waals surface area contributed by atoms with Crippen LogP contribution in [0.25, 0.3) is 27.0 Å². The highest BCUT2D eigenvalue weighted by Gasteiger charge is 2.29. The number of amides is 1.